The molecule has 0 radical (unpaired) electrons. The molecule has 0 fully saturated rings. The van der Waals surface area contributed by atoms with Crippen molar-refractivity contribution in [2.24, 2.45) is 34.4 Å². The lowest BCUT2D eigenvalue weighted by Gasteiger charge is -2.24. The lowest BCUT2D eigenvalue weighted by atomic mass is 9.88. The van der Waals surface area contributed by atoms with Gasteiger partial charge in [-0.15, -0.1) is 0 Å². The Balaban J connectivity index is 0.934. The Hall–Kier alpha value is -6.48. The van der Waals surface area contributed by atoms with Gasteiger partial charge in [0, 0.05) is 5.56 Å². The van der Waals surface area contributed by atoms with Gasteiger partial charge in [0.1, 0.15) is 17.0 Å². The van der Waals surface area contributed by atoms with E-state index >= 15 is 0 Å². The van der Waals surface area contributed by atoms with Crippen molar-refractivity contribution in [3.8, 4) is 55.6 Å². The summed E-state index contributed by atoms with van der Waals surface area (Å²) in [6.07, 6.45) is 0. The average molecular weight is 735 g/mol. The van der Waals surface area contributed by atoms with E-state index in [1.54, 1.807) is 0 Å². The van der Waals surface area contributed by atoms with Crippen LogP contribution in [0.5, 0.6) is 0 Å². The minimum Gasteiger partial charge on any atom is -0.306 e. The van der Waals surface area contributed by atoms with Crippen molar-refractivity contribution in [3.05, 3.63) is 191 Å². The van der Waals surface area contributed by atoms with Crippen molar-refractivity contribution in [3.63, 3.8) is 0 Å². The summed E-state index contributed by atoms with van der Waals surface area (Å²) >= 11 is 0. The summed E-state index contributed by atoms with van der Waals surface area (Å²) in [4.78, 5) is 0. The van der Waals surface area contributed by atoms with Gasteiger partial charge in [-0.2, -0.15) is 0 Å². The summed E-state index contributed by atoms with van der Waals surface area (Å²) in [5, 5.41) is 6.59. The summed E-state index contributed by atoms with van der Waals surface area (Å²) in [6.45, 7) is 0. The fourth-order valence-electron chi connectivity index (χ4n) is 10.3. The first-order chi connectivity index (χ1) is 27.5. The third-order valence-electron chi connectivity index (χ3n) is 13.1. The lowest BCUT2D eigenvalue weighted by molar-refractivity contribution is 0.584. The molecule has 272 valence electrons. The summed E-state index contributed by atoms with van der Waals surface area (Å²) in [5.74, 6) is 0. The van der Waals surface area contributed by atoms with E-state index in [0.717, 1.165) is 116 Å². The number of benzene rings is 9. The number of rotatable bonds is 2. The Morgan fingerprint density at radius 2 is 0.895 bits per heavy atom. The molecule has 0 heterocycles. The molecule has 9 aromatic rings. The largest absolute Gasteiger partial charge is 0.306 e. The van der Waals surface area contributed by atoms with Crippen molar-refractivity contribution in [1.29, 1.82) is 0 Å². The Kier molecular flexibility index (Phi) is 6.25. The van der Waals surface area contributed by atoms with Crippen LogP contribution in [0.2, 0.25) is 0 Å². The van der Waals surface area contributed by atoms with Gasteiger partial charge < -0.3 is 34.4 Å². The van der Waals surface area contributed by atoms with Gasteiger partial charge in [0.15, 0.2) is 0 Å². The van der Waals surface area contributed by atoms with Crippen LogP contribution in [-0.4, -0.2) is 0 Å². The molecule has 0 aliphatic heterocycles. The smallest absolute Gasteiger partial charge is 0.118 e. The zero-order valence-electron chi connectivity index (χ0n) is 31.0. The van der Waals surface area contributed by atoms with E-state index in [1.807, 2.05) is 18.2 Å². The number of fused-ring (bicyclic) bond motifs is 14. The SMILES string of the molecule is NC1(N)c2cc(-c3cccc4c5c(ccc34)-c3ccccc3C5(N)N)ccc2-c2cc3ccc(-c4ccc5c(c4)C(N)(N)c4ccc6ccccc6c4-5)cc3cc21. The molecule has 0 unspecified atom stereocenters. The number of hydrogen-bond donors (Lipinski definition) is 6. The van der Waals surface area contributed by atoms with Gasteiger partial charge in [-0.05, 0) is 146 Å². The molecule has 0 spiro atoms. The third-order valence-corrected chi connectivity index (χ3v) is 13.1. The van der Waals surface area contributed by atoms with Gasteiger partial charge in [-0.1, -0.05) is 127 Å². The topological polar surface area (TPSA) is 156 Å². The molecule has 6 nitrogen and oxygen atoms in total. The molecule has 0 atom stereocenters. The molecule has 0 saturated heterocycles. The predicted octanol–water partition coefficient (Wildman–Crippen LogP) is 8.78. The average Bonchev–Trinajstić information content (AvgIpc) is 3.71. The van der Waals surface area contributed by atoms with Crippen LogP contribution in [0.1, 0.15) is 33.4 Å². The Labute approximate surface area is 329 Å². The van der Waals surface area contributed by atoms with E-state index in [9.17, 15) is 0 Å². The fourth-order valence-corrected chi connectivity index (χ4v) is 10.3. The van der Waals surface area contributed by atoms with Gasteiger partial charge in [0.05, 0.1) is 0 Å². The summed E-state index contributed by atoms with van der Waals surface area (Å²) in [7, 11) is 0. The quantitative estimate of drug-likeness (QED) is 0.0976. The minimum atomic E-state index is -1.21. The van der Waals surface area contributed by atoms with Crippen LogP contribution in [0.15, 0.2) is 158 Å². The summed E-state index contributed by atoms with van der Waals surface area (Å²) < 4.78 is 0. The maximum absolute atomic E-state index is 7.15. The van der Waals surface area contributed by atoms with E-state index < -0.39 is 17.0 Å². The van der Waals surface area contributed by atoms with E-state index in [2.05, 4.69) is 140 Å². The Morgan fingerprint density at radius 3 is 1.79 bits per heavy atom. The molecule has 9 aromatic carbocycles. The Morgan fingerprint density at radius 1 is 0.281 bits per heavy atom. The first-order valence-corrected chi connectivity index (χ1v) is 19.3. The molecule has 3 aliphatic rings. The third kappa shape index (κ3) is 4.23. The molecule has 0 bridgehead atoms. The zero-order valence-corrected chi connectivity index (χ0v) is 31.0. The van der Waals surface area contributed by atoms with E-state index in [1.165, 1.54) is 5.39 Å². The molecule has 0 aromatic heterocycles. The van der Waals surface area contributed by atoms with E-state index in [0.29, 0.717) is 0 Å². The number of hydrogen-bond acceptors (Lipinski definition) is 6. The molecule has 6 heteroatoms. The highest BCUT2D eigenvalue weighted by molar-refractivity contribution is 6.06. The number of nitrogens with two attached hydrogens (primary N) is 6. The second-order valence-corrected chi connectivity index (χ2v) is 16.2. The highest BCUT2D eigenvalue weighted by atomic mass is 15.0. The van der Waals surface area contributed by atoms with Crippen LogP contribution >= 0.6 is 0 Å². The standard InChI is InChI=1S/C51H38N6/c52-49(53)43-21-16-27-6-1-2-7-34(27)47(43)40-18-14-30(24-45(40)49)28-12-13-29-23-41-37-17-15-31(25-44(37)50(54,55)46(41)26-32(29)22-28)33-9-5-10-38-35(33)19-20-39-36-8-3-4-11-42(36)51(56,57)48(38)39/h1-26H,52-57H2. The van der Waals surface area contributed by atoms with Crippen molar-refractivity contribution in [2.45, 2.75) is 17.0 Å². The second kappa shape index (κ2) is 10.9. The normalized spacial score (nSPS) is 16.0. The maximum atomic E-state index is 7.15. The predicted molar refractivity (Wildman–Crippen MR) is 234 cm³/mol. The molecular weight excluding hydrogens is 697 g/mol. The molecule has 12 rings (SSSR count). The zero-order chi connectivity index (χ0) is 38.6. The van der Waals surface area contributed by atoms with Crippen molar-refractivity contribution in [1.82, 2.24) is 0 Å². The lowest BCUT2D eigenvalue weighted by Crippen LogP contribution is -2.45. The van der Waals surface area contributed by atoms with Crippen LogP contribution in [0.25, 0.3) is 88.0 Å². The van der Waals surface area contributed by atoms with Crippen LogP contribution in [0.4, 0.5) is 0 Å². The van der Waals surface area contributed by atoms with Crippen molar-refractivity contribution < 1.29 is 0 Å². The molecule has 57 heavy (non-hydrogen) atoms. The van der Waals surface area contributed by atoms with Crippen molar-refractivity contribution in [2.75, 3.05) is 0 Å². The highest BCUT2D eigenvalue weighted by Crippen LogP contribution is 2.51. The summed E-state index contributed by atoms with van der Waals surface area (Å²) in [5.41, 5.74) is 54.7. The first-order valence-electron chi connectivity index (χ1n) is 19.3. The molecule has 0 amide bonds. The highest BCUT2D eigenvalue weighted by Gasteiger charge is 2.41. The van der Waals surface area contributed by atoms with E-state index in [4.69, 9.17) is 34.4 Å². The fraction of sp³-hybridized carbons (Fsp3) is 0.0588. The Bertz CT molecular complexity index is 3280. The summed E-state index contributed by atoms with van der Waals surface area (Å²) in [6, 6.07) is 55.2. The van der Waals surface area contributed by atoms with Gasteiger partial charge >= 0.3 is 0 Å². The van der Waals surface area contributed by atoms with Crippen LogP contribution in [0, 0.1) is 0 Å². The maximum Gasteiger partial charge on any atom is 0.118 e. The molecule has 12 N–H and O–H groups in total. The van der Waals surface area contributed by atoms with Gasteiger partial charge in [-0.3, -0.25) is 0 Å². The van der Waals surface area contributed by atoms with Crippen molar-refractivity contribution >= 4 is 32.3 Å². The molecule has 3 aliphatic carbocycles. The van der Waals surface area contributed by atoms with Gasteiger partial charge in [-0.25, -0.2) is 0 Å². The monoisotopic (exact) mass is 734 g/mol. The molecule has 0 saturated carbocycles. The molecular formula is C51H38N6. The minimum absolute atomic E-state index is 0.885. The van der Waals surface area contributed by atoms with Gasteiger partial charge in [0.25, 0.3) is 0 Å². The first kappa shape index (κ1) is 32.7. The van der Waals surface area contributed by atoms with Gasteiger partial charge in [0.2, 0.25) is 0 Å². The van der Waals surface area contributed by atoms with E-state index in [-0.39, 0.29) is 0 Å². The van der Waals surface area contributed by atoms with Crippen LogP contribution in [-0.2, 0) is 17.0 Å². The van der Waals surface area contributed by atoms with Crippen LogP contribution < -0.4 is 34.4 Å². The second-order valence-electron chi connectivity index (χ2n) is 16.2. The van der Waals surface area contributed by atoms with Crippen LogP contribution in [0.3, 0.4) is 0 Å².